The molecule has 0 bridgehead atoms. The molecule has 1 aromatic heterocycles. The fourth-order valence-electron chi connectivity index (χ4n) is 2.42. The highest BCUT2D eigenvalue weighted by Gasteiger charge is 2.29. The standard InChI is InChI=1S/C15H17ClN2O2/c1-9(2)18-8-10(7-17-18)15-6-13(19)12-5-11(16)3-4-14(12)20-15/h3-5,7-9,13,15,19H,6H2,1-2H3. The van der Waals surface area contributed by atoms with Gasteiger partial charge in [0.2, 0.25) is 0 Å². The van der Waals surface area contributed by atoms with E-state index < -0.39 is 6.10 Å². The van der Waals surface area contributed by atoms with Gasteiger partial charge in [-0.1, -0.05) is 11.6 Å². The summed E-state index contributed by atoms with van der Waals surface area (Å²) >= 11 is 5.95. The fraction of sp³-hybridized carbons (Fsp3) is 0.400. The topological polar surface area (TPSA) is 47.3 Å². The molecule has 2 aromatic rings. The number of aliphatic hydroxyl groups excluding tert-OH is 1. The van der Waals surface area contributed by atoms with Crippen molar-refractivity contribution in [1.29, 1.82) is 0 Å². The van der Waals surface area contributed by atoms with Gasteiger partial charge < -0.3 is 9.84 Å². The minimum atomic E-state index is -0.565. The number of hydrogen-bond donors (Lipinski definition) is 1. The van der Waals surface area contributed by atoms with Gasteiger partial charge in [0, 0.05) is 34.8 Å². The van der Waals surface area contributed by atoms with Gasteiger partial charge in [0.25, 0.3) is 0 Å². The number of fused-ring (bicyclic) bond motifs is 1. The predicted octanol–water partition coefficient (Wildman–Crippen LogP) is 3.67. The summed E-state index contributed by atoms with van der Waals surface area (Å²) in [5.41, 5.74) is 1.74. The van der Waals surface area contributed by atoms with E-state index in [9.17, 15) is 5.11 Å². The molecule has 2 unspecified atom stereocenters. The molecule has 1 aliphatic rings. The summed E-state index contributed by atoms with van der Waals surface area (Å²) in [6.07, 6.45) is 3.55. The summed E-state index contributed by atoms with van der Waals surface area (Å²) in [6, 6.07) is 5.64. The number of ether oxygens (including phenoxy) is 1. The van der Waals surface area contributed by atoms with Gasteiger partial charge in [-0.3, -0.25) is 4.68 Å². The van der Waals surface area contributed by atoms with Crippen molar-refractivity contribution in [3.05, 3.63) is 46.7 Å². The van der Waals surface area contributed by atoms with Crippen molar-refractivity contribution in [2.75, 3.05) is 0 Å². The maximum Gasteiger partial charge on any atom is 0.130 e. The van der Waals surface area contributed by atoms with Crippen LogP contribution in [0.15, 0.2) is 30.6 Å². The Labute approximate surface area is 122 Å². The fourth-order valence-corrected chi connectivity index (χ4v) is 2.60. The molecule has 20 heavy (non-hydrogen) atoms. The average Bonchev–Trinajstić information content (AvgIpc) is 2.89. The van der Waals surface area contributed by atoms with Gasteiger partial charge in [-0.15, -0.1) is 0 Å². The largest absolute Gasteiger partial charge is 0.485 e. The lowest BCUT2D eigenvalue weighted by molar-refractivity contribution is 0.0657. The van der Waals surface area contributed by atoms with Crippen LogP contribution in [-0.4, -0.2) is 14.9 Å². The molecule has 0 aliphatic carbocycles. The lowest BCUT2D eigenvalue weighted by Crippen LogP contribution is -2.18. The first-order valence-corrected chi connectivity index (χ1v) is 7.10. The average molecular weight is 293 g/mol. The minimum absolute atomic E-state index is 0.175. The Morgan fingerprint density at radius 3 is 2.95 bits per heavy atom. The van der Waals surface area contributed by atoms with Gasteiger partial charge in [0.1, 0.15) is 11.9 Å². The first kappa shape index (κ1) is 13.5. The van der Waals surface area contributed by atoms with Crippen molar-refractivity contribution in [2.24, 2.45) is 0 Å². The maximum absolute atomic E-state index is 10.3. The number of nitrogens with zero attached hydrogens (tertiary/aromatic N) is 2. The summed E-state index contributed by atoms with van der Waals surface area (Å²) in [7, 11) is 0. The molecule has 0 saturated carbocycles. The Bertz CT molecular complexity index is 624. The van der Waals surface area contributed by atoms with E-state index in [1.165, 1.54) is 0 Å². The van der Waals surface area contributed by atoms with E-state index in [-0.39, 0.29) is 6.10 Å². The summed E-state index contributed by atoms with van der Waals surface area (Å²) in [5, 5.41) is 15.2. The van der Waals surface area contributed by atoms with Crippen molar-refractivity contribution in [1.82, 2.24) is 9.78 Å². The molecule has 106 valence electrons. The molecular weight excluding hydrogens is 276 g/mol. The second-order valence-corrected chi connectivity index (χ2v) is 5.82. The Morgan fingerprint density at radius 1 is 1.45 bits per heavy atom. The van der Waals surface area contributed by atoms with Gasteiger partial charge in [-0.2, -0.15) is 5.10 Å². The molecule has 3 rings (SSSR count). The van der Waals surface area contributed by atoms with Gasteiger partial charge >= 0.3 is 0 Å². The van der Waals surface area contributed by atoms with Gasteiger partial charge in [-0.25, -0.2) is 0 Å². The van der Waals surface area contributed by atoms with Gasteiger partial charge in [-0.05, 0) is 32.0 Å². The van der Waals surface area contributed by atoms with Crippen LogP contribution in [0.2, 0.25) is 5.02 Å². The van der Waals surface area contributed by atoms with Crippen molar-refractivity contribution in [2.45, 2.75) is 38.5 Å². The molecule has 1 aliphatic heterocycles. The second-order valence-electron chi connectivity index (χ2n) is 5.39. The molecule has 0 saturated heterocycles. The van der Waals surface area contributed by atoms with Crippen molar-refractivity contribution in [3.63, 3.8) is 0 Å². The molecule has 1 aromatic carbocycles. The molecule has 4 nitrogen and oxygen atoms in total. The molecule has 0 amide bonds. The number of rotatable bonds is 2. The first-order chi connectivity index (χ1) is 9.54. The van der Waals surface area contributed by atoms with E-state index in [0.717, 1.165) is 11.1 Å². The van der Waals surface area contributed by atoms with Crippen LogP contribution in [0.4, 0.5) is 0 Å². The zero-order valence-corrected chi connectivity index (χ0v) is 12.2. The number of benzene rings is 1. The van der Waals surface area contributed by atoms with Crippen molar-refractivity contribution < 1.29 is 9.84 Å². The molecular formula is C15H17ClN2O2. The normalized spacial score (nSPS) is 21.6. The number of aromatic nitrogens is 2. The summed E-state index contributed by atoms with van der Waals surface area (Å²) in [5.74, 6) is 0.690. The monoisotopic (exact) mass is 292 g/mol. The van der Waals surface area contributed by atoms with Crippen LogP contribution >= 0.6 is 11.6 Å². The van der Waals surface area contributed by atoms with Crippen LogP contribution in [0.25, 0.3) is 0 Å². The van der Waals surface area contributed by atoms with Crippen molar-refractivity contribution in [3.8, 4) is 5.75 Å². The van der Waals surface area contributed by atoms with Crippen LogP contribution in [0, 0.1) is 0 Å². The smallest absolute Gasteiger partial charge is 0.130 e. The van der Waals surface area contributed by atoms with E-state index in [4.69, 9.17) is 16.3 Å². The van der Waals surface area contributed by atoms with E-state index >= 15 is 0 Å². The van der Waals surface area contributed by atoms with Crippen LogP contribution in [-0.2, 0) is 0 Å². The quantitative estimate of drug-likeness (QED) is 0.918. The van der Waals surface area contributed by atoms with Gasteiger partial charge in [0.05, 0.1) is 12.3 Å². The lowest BCUT2D eigenvalue weighted by Gasteiger charge is -2.29. The molecule has 0 spiro atoms. The van der Waals surface area contributed by atoms with E-state index in [2.05, 4.69) is 18.9 Å². The lowest BCUT2D eigenvalue weighted by atomic mass is 9.96. The molecule has 0 fully saturated rings. The molecule has 5 heteroatoms. The number of hydrogen-bond acceptors (Lipinski definition) is 3. The van der Waals surface area contributed by atoms with E-state index in [1.807, 2.05) is 10.9 Å². The van der Waals surface area contributed by atoms with Crippen molar-refractivity contribution >= 4 is 11.6 Å². The summed E-state index contributed by atoms with van der Waals surface area (Å²) < 4.78 is 7.86. The SMILES string of the molecule is CC(C)n1cc(C2CC(O)c3cc(Cl)ccc3O2)cn1. The zero-order valence-electron chi connectivity index (χ0n) is 11.5. The number of aliphatic hydroxyl groups is 1. The third-order valence-electron chi connectivity index (χ3n) is 3.56. The van der Waals surface area contributed by atoms with E-state index in [1.54, 1.807) is 24.4 Å². The molecule has 2 heterocycles. The Kier molecular flexibility index (Phi) is 3.44. The van der Waals surface area contributed by atoms with Crippen LogP contribution < -0.4 is 4.74 Å². The third-order valence-corrected chi connectivity index (χ3v) is 3.79. The Balaban J connectivity index is 1.88. The maximum atomic E-state index is 10.3. The molecule has 1 N–H and O–H groups in total. The second kappa shape index (κ2) is 5.11. The number of halogens is 1. The van der Waals surface area contributed by atoms with Crippen LogP contribution in [0.3, 0.4) is 0 Å². The Morgan fingerprint density at radius 2 is 2.25 bits per heavy atom. The molecule has 0 radical (unpaired) electrons. The van der Waals surface area contributed by atoms with Crippen LogP contribution in [0.5, 0.6) is 5.75 Å². The highest BCUT2D eigenvalue weighted by Crippen LogP contribution is 2.41. The highest BCUT2D eigenvalue weighted by molar-refractivity contribution is 6.30. The summed E-state index contributed by atoms with van der Waals surface area (Å²) in [4.78, 5) is 0. The predicted molar refractivity (Wildman–Crippen MR) is 77.0 cm³/mol. The third kappa shape index (κ3) is 2.41. The van der Waals surface area contributed by atoms with Gasteiger partial charge in [0.15, 0.2) is 0 Å². The Hall–Kier alpha value is -1.52. The molecule has 2 atom stereocenters. The van der Waals surface area contributed by atoms with Crippen LogP contribution in [0.1, 0.15) is 49.6 Å². The van der Waals surface area contributed by atoms with E-state index in [0.29, 0.717) is 23.2 Å². The summed E-state index contributed by atoms with van der Waals surface area (Å²) in [6.45, 7) is 4.15. The highest BCUT2D eigenvalue weighted by atomic mass is 35.5. The zero-order chi connectivity index (χ0) is 14.3. The minimum Gasteiger partial charge on any atom is -0.485 e. The first-order valence-electron chi connectivity index (χ1n) is 6.73.